The van der Waals surface area contributed by atoms with Crippen molar-refractivity contribution in [2.24, 2.45) is 0 Å². The molecule has 1 N–H and O–H groups in total. The zero-order chi connectivity index (χ0) is 16.3. The van der Waals surface area contributed by atoms with Gasteiger partial charge in [-0.25, -0.2) is 14.4 Å². The molecule has 0 aromatic heterocycles. The summed E-state index contributed by atoms with van der Waals surface area (Å²) >= 11 is 0. The minimum absolute atomic E-state index is 0.0622. The molecule has 2 rings (SSSR count). The summed E-state index contributed by atoms with van der Waals surface area (Å²) in [5.41, 5.74) is -1.54. The van der Waals surface area contributed by atoms with Crippen molar-refractivity contribution in [3.63, 3.8) is 0 Å². The lowest BCUT2D eigenvalue weighted by atomic mass is 9.97. The maximum Gasteiger partial charge on any atom is 0.513 e. The van der Waals surface area contributed by atoms with Gasteiger partial charge in [-0.2, -0.15) is 0 Å². The van der Waals surface area contributed by atoms with Crippen molar-refractivity contribution >= 4 is 18.3 Å². The monoisotopic (exact) mass is 313 g/mol. The van der Waals surface area contributed by atoms with Gasteiger partial charge in [-0.15, -0.1) is 0 Å². The summed E-state index contributed by atoms with van der Waals surface area (Å²) in [4.78, 5) is 35.0. The lowest BCUT2D eigenvalue weighted by Crippen LogP contribution is -2.49. The van der Waals surface area contributed by atoms with Gasteiger partial charge in [0.05, 0.1) is 26.9 Å². The molecule has 0 amide bonds. The van der Waals surface area contributed by atoms with E-state index < -0.39 is 29.9 Å². The van der Waals surface area contributed by atoms with Crippen LogP contribution in [0.1, 0.15) is 6.92 Å². The number of fused-ring (bicyclic) bond motifs is 2. The molecule has 2 aliphatic rings. The molecule has 0 radical (unpaired) electrons. The van der Waals surface area contributed by atoms with Crippen LogP contribution in [-0.2, 0) is 28.5 Å². The van der Waals surface area contributed by atoms with E-state index in [0.717, 1.165) is 14.2 Å². The molecule has 9 heteroatoms. The highest BCUT2D eigenvalue weighted by atomic mass is 16.7. The number of carbonyl (C=O) groups excluding carboxylic acids is 3. The number of rotatable bonds is 4. The normalized spacial score (nSPS) is 25.0. The van der Waals surface area contributed by atoms with Crippen molar-refractivity contribution in [1.82, 2.24) is 5.32 Å². The average Bonchev–Trinajstić information content (AvgIpc) is 3.06. The molecular weight excluding hydrogens is 298 g/mol. The van der Waals surface area contributed by atoms with Gasteiger partial charge in [0, 0.05) is 0 Å². The highest BCUT2D eigenvalue weighted by Crippen LogP contribution is 2.40. The highest BCUT2D eigenvalue weighted by Gasteiger charge is 2.58. The Labute approximate surface area is 125 Å². The molecule has 0 saturated carbocycles. The fourth-order valence-corrected chi connectivity index (χ4v) is 2.17. The average molecular weight is 313 g/mol. The van der Waals surface area contributed by atoms with Gasteiger partial charge in [-0.1, -0.05) is 6.08 Å². The Morgan fingerprint density at radius 2 is 1.82 bits per heavy atom. The highest BCUT2D eigenvalue weighted by molar-refractivity contribution is 5.91. The zero-order valence-corrected chi connectivity index (χ0v) is 12.2. The maximum atomic E-state index is 12.2. The smallest absolute Gasteiger partial charge is 0.464 e. The molecule has 0 saturated heterocycles. The third-order valence-corrected chi connectivity index (χ3v) is 3.10. The van der Waals surface area contributed by atoms with Gasteiger partial charge < -0.3 is 23.7 Å². The Hall–Kier alpha value is -2.55. The molecule has 9 nitrogen and oxygen atoms in total. The predicted molar refractivity (Wildman–Crippen MR) is 69.4 cm³/mol. The van der Waals surface area contributed by atoms with Crippen LogP contribution in [0.15, 0.2) is 23.7 Å². The van der Waals surface area contributed by atoms with Crippen molar-refractivity contribution in [3.05, 3.63) is 23.7 Å². The van der Waals surface area contributed by atoms with E-state index in [4.69, 9.17) is 14.2 Å². The molecule has 22 heavy (non-hydrogen) atoms. The quantitative estimate of drug-likeness (QED) is 0.453. The molecule has 2 atom stereocenters. The van der Waals surface area contributed by atoms with Crippen LogP contribution < -0.4 is 5.32 Å². The Bertz CT molecular complexity index is 566. The van der Waals surface area contributed by atoms with Gasteiger partial charge in [-0.3, -0.25) is 5.32 Å². The molecule has 2 unspecified atom stereocenters. The first kappa shape index (κ1) is 15.8. The first-order valence-electron chi connectivity index (χ1n) is 6.39. The van der Waals surface area contributed by atoms with E-state index in [1.807, 2.05) is 0 Å². The Balaban J connectivity index is 2.39. The molecule has 0 aromatic carbocycles. The molecule has 0 aromatic rings. The van der Waals surface area contributed by atoms with E-state index in [-0.39, 0.29) is 18.1 Å². The van der Waals surface area contributed by atoms with Gasteiger partial charge in [0.2, 0.25) is 0 Å². The van der Waals surface area contributed by atoms with E-state index in [1.165, 1.54) is 6.08 Å². The maximum absolute atomic E-state index is 12.2. The van der Waals surface area contributed by atoms with E-state index in [2.05, 4.69) is 14.8 Å². The van der Waals surface area contributed by atoms with Crippen LogP contribution in [0.3, 0.4) is 0 Å². The summed E-state index contributed by atoms with van der Waals surface area (Å²) in [5, 5.41) is 2.86. The Kier molecular flexibility index (Phi) is 4.36. The second-order valence-electron chi connectivity index (χ2n) is 4.32. The van der Waals surface area contributed by atoms with Crippen LogP contribution in [0.25, 0.3) is 0 Å². The first-order chi connectivity index (χ1) is 10.5. The van der Waals surface area contributed by atoms with Crippen LogP contribution in [0.2, 0.25) is 0 Å². The van der Waals surface area contributed by atoms with Crippen molar-refractivity contribution in [2.75, 3.05) is 20.8 Å². The second kappa shape index (κ2) is 6.06. The minimum atomic E-state index is -1.54. The number of hydrogen-bond donors (Lipinski definition) is 1. The Morgan fingerprint density at radius 3 is 2.41 bits per heavy atom. The van der Waals surface area contributed by atoms with Crippen molar-refractivity contribution in [1.29, 1.82) is 0 Å². The van der Waals surface area contributed by atoms with Gasteiger partial charge in [0.1, 0.15) is 0 Å². The van der Waals surface area contributed by atoms with Crippen LogP contribution in [0.4, 0.5) is 9.59 Å². The summed E-state index contributed by atoms with van der Waals surface area (Å²) in [7, 11) is 2.23. The van der Waals surface area contributed by atoms with Crippen LogP contribution in [0, 0.1) is 0 Å². The summed E-state index contributed by atoms with van der Waals surface area (Å²) in [6.45, 7) is 1.76. The fraction of sp³-hybridized carbons (Fsp3) is 0.462. The first-order valence-corrected chi connectivity index (χ1v) is 6.39. The van der Waals surface area contributed by atoms with Gasteiger partial charge >= 0.3 is 18.3 Å². The molecule has 120 valence electrons. The van der Waals surface area contributed by atoms with E-state index in [9.17, 15) is 14.4 Å². The third-order valence-electron chi connectivity index (χ3n) is 3.10. The molecule has 0 aliphatic carbocycles. The van der Waals surface area contributed by atoms with Crippen LogP contribution >= 0.6 is 0 Å². The zero-order valence-electron chi connectivity index (χ0n) is 12.2. The molecule has 2 aliphatic heterocycles. The fourth-order valence-electron chi connectivity index (χ4n) is 2.17. The summed E-state index contributed by atoms with van der Waals surface area (Å²) in [5.74, 6) is -0.973. The second-order valence-corrected chi connectivity index (χ2v) is 4.32. The number of hydrogen-bond acceptors (Lipinski definition) is 9. The summed E-state index contributed by atoms with van der Waals surface area (Å²) < 4.78 is 23.8. The summed E-state index contributed by atoms with van der Waals surface area (Å²) in [6.07, 6.45) is 0.979. The predicted octanol–water partition coefficient (Wildman–Crippen LogP) is 0.607. The number of nitrogens with one attached hydrogen (secondary N) is 1. The topological polar surface area (TPSA) is 109 Å². The molecule has 2 heterocycles. The SMILES string of the molecule is CCOC(=O)C12C=CC(N1)C(OC(=O)OC)=C2OC(=O)OC. The van der Waals surface area contributed by atoms with E-state index in [0.29, 0.717) is 0 Å². The van der Waals surface area contributed by atoms with Gasteiger partial charge in [0.15, 0.2) is 17.1 Å². The summed E-state index contributed by atoms with van der Waals surface area (Å²) in [6, 6.07) is -0.636. The van der Waals surface area contributed by atoms with Gasteiger partial charge in [0.25, 0.3) is 0 Å². The third kappa shape index (κ3) is 2.50. The molecule has 2 bridgehead atoms. The minimum Gasteiger partial charge on any atom is -0.464 e. The lowest BCUT2D eigenvalue weighted by molar-refractivity contribution is -0.148. The molecule has 0 spiro atoms. The van der Waals surface area contributed by atoms with E-state index in [1.54, 1.807) is 13.0 Å². The molecule has 0 fully saturated rings. The standard InChI is InChI=1S/C13H15NO8/c1-4-20-10(15)13-6-5-7(14-13)8(21-11(16)18-2)9(13)22-12(17)19-3/h5-7,14H,4H2,1-3H3. The Morgan fingerprint density at radius 1 is 1.18 bits per heavy atom. The number of carbonyl (C=O) groups is 3. The van der Waals surface area contributed by atoms with Crippen molar-refractivity contribution < 1.29 is 38.1 Å². The number of methoxy groups -OCH3 is 2. The van der Waals surface area contributed by atoms with Crippen LogP contribution in [-0.4, -0.2) is 50.7 Å². The lowest BCUT2D eigenvalue weighted by Gasteiger charge is -2.23. The van der Waals surface area contributed by atoms with E-state index >= 15 is 0 Å². The largest absolute Gasteiger partial charge is 0.513 e. The number of ether oxygens (including phenoxy) is 5. The van der Waals surface area contributed by atoms with Crippen molar-refractivity contribution in [2.45, 2.75) is 18.5 Å². The van der Waals surface area contributed by atoms with Crippen LogP contribution in [0.5, 0.6) is 0 Å². The molecular formula is C13H15NO8. The van der Waals surface area contributed by atoms with Gasteiger partial charge in [-0.05, 0) is 13.0 Å². The van der Waals surface area contributed by atoms with Crippen molar-refractivity contribution in [3.8, 4) is 0 Å². The number of esters is 1.